The van der Waals surface area contributed by atoms with Gasteiger partial charge in [-0.3, -0.25) is 4.79 Å². The molecule has 0 radical (unpaired) electrons. The van der Waals surface area contributed by atoms with Gasteiger partial charge in [-0.05, 0) is 44.4 Å². The van der Waals surface area contributed by atoms with Crippen molar-refractivity contribution >= 4 is 23.5 Å². The number of hydrogen-bond acceptors (Lipinski definition) is 8. The molecule has 1 aromatic carbocycles. The number of nitrogens with zero attached hydrogens (tertiary/aromatic N) is 4. The van der Waals surface area contributed by atoms with Crippen LogP contribution in [0.4, 0.5) is 5.82 Å². The predicted octanol–water partition coefficient (Wildman–Crippen LogP) is 5.11. The third-order valence-electron chi connectivity index (χ3n) is 6.60. The second-order valence-corrected chi connectivity index (χ2v) is 9.74. The normalized spacial score (nSPS) is 17.7. The summed E-state index contributed by atoms with van der Waals surface area (Å²) in [7, 11) is 0. The number of ether oxygens (including phenoxy) is 2. The van der Waals surface area contributed by atoms with Gasteiger partial charge in [0.15, 0.2) is 11.5 Å². The number of carbonyl (C=O) groups excluding carboxylic acids is 1. The minimum atomic E-state index is -0.511. The Morgan fingerprint density at radius 3 is 2.74 bits per heavy atom. The van der Waals surface area contributed by atoms with Crippen LogP contribution in [0.25, 0.3) is 0 Å². The van der Waals surface area contributed by atoms with E-state index in [4.69, 9.17) is 13.9 Å². The molecule has 1 saturated carbocycles. The Balaban J connectivity index is 1.24. The molecule has 0 spiro atoms. The quantitative estimate of drug-likeness (QED) is 0.471. The van der Waals surface area contributed by atoms with E-state index in [0.29, 0.717) is 34.8 Å². The third-order valence-corrected chi connectivity index (χ3v) is 7.42. The minimum absolute atomic E-state index is 0.0747. The van der Waals surface area contributed by atoms with Gasteiger partial charge in [0.05, 0.1) is 11.3 Å². The molecule has 9 nitrogen and oxygen atoms in total. The van der Waals surface area contributed by atoms with Crippen molar-refractivity contribution in [1.82, 2.24) is 14.8 Å². The molecule has 3 aromatic rings. The van der Waals surface area contributed by atoms with E-state index in [1.165, 1.54) is 6.42 Å². The SMILES string of the molecule is Cc1c(C#N)c(NC(=O)CSc2nnc([C@@H]3COc4ccccc4O3)o2)n(C2CCCCC2)c1C. The zero-order chi connectivity index (χ0) is 24.4. The maximum atomic E-state index is 12.9. The maximum absolute atomic E-state index is 12.9. The standard InChI is InChI=1S/C25H27N5O4S/c1-15-16(2)30(17-8-4-3-5-9-17)23(18(15)12-26)27-22(31)14-35-25-29-28-24(34-25)21-13-32-19-10-6-7-11-20(19)33-21/h6-7,10-11,17,21H,3-5,8-9,13-14H2,1-2H3,(H,27,31)/t21-/m0/s1. The molecule has 182 valence electrons. The van der Waals surface area contributed by atoms with E-state index in [-0.39, 0.29) is 23.5 Å². The van der Waals surface area contributed by atoms with Gasteiger partial charge in [-0.2, -0.15) is 5.26 Å². The average molecular weight is 494 g/mol. The van der Waals surface area contributed by atoms with Crippen molar-refractivity contribution < 1.29 is 18.7 Å². The summed E-state index contributed by atoms with van der Waals surface area (Å²) in [6.07, 6.45) is 5.15. The predicted molar refractivity (Wildman–Crippen MR) is 130 cm³/mol. The van der Waals surface area contributed by atoms with Crippen molar-refractivity contribution in [2.75, 3.05) is 17.7 Å². The molecule has 0 saturated heterocycles. The van der Waals surface area contributed by atoms with Gasteiger partial charge in [-0.1, -0.05) is 43.2 Å². The highest BCUT2D eigenvalue weighted by Gasteiger charge is 2.28. The number of rotatable bonds is 6. The van der Waals surface area contributed by atoms with Gasteiger partial charge in [0, 0.05) is 11.7 Å². The summed E-state index contributed by atoms with van der Waals surface area (Å²) in [5, 5.41) is 21.1. The van der Waals surface area contributed by atoms with Crippen molar-refractivity contribution in [3.8, 4) is 17.6 Å². The van der Waals surface area contributed by atoms with Crippen molar-refractivity contribution in [3.05, 3.63) is 47.0 Å². The van der Waals surface area contributed by atoms with Crippen molar-refractivity contribution in [1.29, 1.82) is 5.26 Å². The van der Waals surface area contributed by atoms with Crippen LogP contribution in [0.1, 0.15) is 67.0 Å². The molecular weight excluding hydrogens is 466 g/mol. The number of thioether (sulfide) groups is 1. The van der Waals surface area contributed by atoms with Crippen LogP contribution in [-0.2, 0) is 4.79 Å². The van der Waals surface area contributed by atoms with Crippen molar-refractivity contribution in [2.24, 2.45) is 0 Å². The Hall–Kier alpha value is -3.45. The number of fused-ring (bicyclic) bond motifs is 1. The molecule has 1 aliphatic carbocycles. The van der Waals surface area contributed by atoms with Gasteiger partial charge in [0.1, 0.15) is 18.5 Å². The number of hydrogen-bond donors (Lipinski definition) is 1. The van der Waals surface area contributed by atoms with E-state index in [2.05, 4.69) is 26.2 Å². The molecule has 1 fully saturated rings. The lowest BCUT2D eigenvalue weighted by molar-refractivity contribution is -0.113. The van der Waals surface area contributed by atoms with Gasteiger partial charge < -0.3 is 23.8 Å². The highest BCUT2D eigenvalue weighted by molar-refractivity contribution is 7.99. The lowest BCUT2D eigenvalue weighted by atomic mass is 9.95. The largest absolute Gasteiger partial charge is 0.485 e. The van der Waals surface area contributed by atoms with E-state index >= 15 is 0 Å². The second-order valence-electron chi connectivity index (χ2n) is 8.81. The summed E-state index contributed by atoms with van der Waals surface area (Å²) in [4.78, 5) is 12.9. The van der Waals surface area contributed by atoms with E-state index in [1.54, 1.807) is 0 Å². The summed E-state index contributed by atoms with van der Waals surface area (Å²) in [5.41, 5.74) is 2.48. The van der Waals surface area contributed by atoms with Crippen LogP contribution in [-0.4, -0.2) is 33.0 Å². The summed E-state index contributed by atoms with van der Waals surface area (Å²) >= 11 is 1.14. The summed E-state index contributed by atoms with van der Waals surface area (Å²) in [6, 6.07) is 9.98. The molecule has 35 heavy (non-hydrogen) atoms. The van der Waals surface area contributed by atoms with E-state index in [9.17, 15) is 10.1 Å². The molecule has 1 N–H and O–H groups in total. The van der Waals surface area contributed by atoms with Gasteiger partial charge in [0.2, 0.25) is 12.0 Å². The first-order chi connectivity index (χ1) is 17.0. The average Bonchev–Trinajstić information content (AvgIpc) is 3.45. The smallest absolute Gasteiger partial charge is 0.277 e. The van der Waals surface area contributed by atoms with Crippen LogP contribution in [0, 0.1) is 25.2 Å². The Labute approximate surface area is 207 Å². The number of nitrogens with one attached hydrogen (secondary N) is 1. The third kappa shape index (κ3) is 4.73. The molecule has 5 rings (SSSR count). The van der Waals surface area contributed by atoms with Gasteiger partial charge in [-0.15, -0.1) is 10.2 Å². The van der Waals surface area contributed by atoms with Crippen molar-refractivity contribution in [3.63, 3.8) is 0 Å². The van der Waals surface area contributed by atoms with Crippen LogP contribution in [0.2, 0.25) is 0 Å². The second kappa shape index (κ2) is 10.0. The lowest BCUT2D eigenvalue weighted by Crippen LogP contribution is -2.22. The zero-order valence-electron chi connectivity index (χ0n) is 19.7. The summed E-state index contributed by atoms with van der Waals surface area (Å²) in [5.74, 6) is 2.03. The monoisotopic (exact) mass is 493 g/mol. The molecule has 1 atom stereocenters. The van der Waals surface area contributed by atoms with Gasteiger partial charge in [0.25, 0.3) is 11.1 Å². The van der Waals surface area contributed by atoms with Crippen LogP contribution in [0.5, 0.6) is 11.5 Å². The topological polar surface area (TPSA) is 115 Å². The maximum Gasteiger partial charge on any atom is 0.277 e. The first kappa shape index (κ1) is 23.3. The Kier molecular flexibility index (Phi) is 6.68. The number of amides is 1. The van der Waals surface area contributed by atoms with Gasteiger partial charge in [-0.25, -0.2) is 0 Å². The van der Waals surface area contributed by atoms with Crippen LogP contribution < -0.4 is 14.8 Å². The van der Waals surface area contributed by atoms with E-state index < -0.39 is 6.10 Å². The molecule has 1 aliphatic heterocycles. The van der Waals surface area contributed by atoms with Crippen LogP contribution >= 0.6 is 11.8 Å². The lowest BCUT2D eigenvalue weighted by Gasteiger charge is -2.27. The number of para-hydroxylation sites is 2. The van der Waals surface area contributed by atoms with Gasteiger partial charge >= 0.3 is 0 Å². The molecule has 2 aromatic heterocycles. The molecule has 0 bridgehead atoms. The summed E-state index contributed by atoms with van der Waals surface area (Å²) in [6.45, 7) is 4.22. The Morgan fingerprint density at radius 2 is 1.97 bits per heavy atom. The highest BCUT2D eigenvalue weighted by Crippen LogP contribution is 2.38. The Bertz CT molecular complexity index is 1270. The fourth-order valence-corrected chi connectivity index (χ4v) is 5.30. The van der Waals surface area contributed by atoms with Crippen LogP contribution in [0.15, 0.2) is 33.9 Å². The van der Waals surface area contributed by atoms with Crippen LogP contribution in [0.3, 0.4) is 0 Å². The number of anilines is 1. The fraction of sp³-hybridized carbons (Fsp3) is 0.440. The fourth-order valence-electron chi connectivity index (χ4n) is 4.73. The number of carbonyl (C=O) groups is 1. The number of benzene rings is 1. The molecule has 10 heteroatoms. The molecule has 3 heterocycles. The van der Waals surface area contributed by atoms with E-state index in [1.807, 2.05) is 38.1 Å². The molecule has 1 amide bonds. The summed E-state index contributed by atoms with van der Waals surface area (Å²) < 4.78 is 19.5. The first-order valence-corrected chi connectivity index (χ1v) is 12.8. The first-order valence-electron chi connectivity index (χ1n) is 11.8. The Morgan fingerprint density at radius 1 is 1.20 bits per heavy atom. The minimum Gasteiger partial charge on any atom is -0.485 e. The number of aromatic nitrogens is 3. The molecule has 0 unspecified atom stereocenters. The van der Waals surface area contributed by atoms with Crippen molar-refractivity contribution in [2.45, 2.75) is 63.3 Å². The number of nitriles is 1. The van der Waals surface area contributed by atoms with E-state index in [0.717, 1.165) is 48.7 Å². The highest BCUT2D eigenvalue weighted by atomic mass is 32.2. The molecule has 2 aliphatic rings. The zero-order valence-corrected chi connectivity index (χ0v) is 20.6. The molecular formula is C25H27N5O4S.